The van der Waals surface area contributed by atoms with Crippen molar-refractivity contribution in [2.24, 2.45) is 5.84 Å². The van der Waals surface area contributed by atoms with Crippen molar-refractivity contribution in [3.05, 3.63) is 34.9 Å². The molecule has 0 saturated carbocycles. The number of fused-ring (bicyclic) bond motifs is 1. The zero-order valence-electron chi connectivity index (χ0n) is 10.2. The molecule has 2 aromatic rings. The summed E-state index contributed by atoms with van der Waals surface area (Å²) in [5, 5.41) is 1.67. The highest BCUT2D eigenvalue weighted by Gasteiger charge is 2.20. The Bertz CT molecular complexity index is 558. The molecule has 0 bridgehead atoms. The lowest BCUT2D eigenvalue weighted by molar-refractivity contribution is 0.590. The number of nitrogens with zero attached hydrogens (tertiary/aromatic N) is 1. The van der Waals surface area contributed by atoms with Crippen LogP contribution in [0.3, 0.4) is 0 Å². The summed E-state index contributed by atoms with van der Waals surface area (Å²) in [5.74, 6) is 6.21. The number of anilines is 1. The molecule has 1 aromatic carbocycles. The zero-order chi connectivity index (χ0) is 12.6. The van der Waals surface area contributed by atoms with Crippen LogP contribution < -0.4 is 11.3 Å². The van der Waals surface area contributed by atoms with Gasteiger partial charge in [0.15, 0.2) is 0 Å². The van der Waals surface area contributed by atoms with Gasteiger partial charge in [0.2, 0.25) is 0 Å². The number of hydrogen-bond acceptors (Lipinski definition) is 3. The van der Waals surface area contributed by atoms with Gasteiger partial charge in [-0.1, -0.05) is 44.5 Å². The van der Waals surface area contributed by atoms with Crippen molar-refractivity contribution in [3.8, 4) is 0 Å². The van der Waals surface area contributed by atoms with E-state index in [9.17, 15) is 0 Å². The SMILES string of the molecule is CC(C)(C)c1cc2cccc(Cl)c2nc1NN. The second kappa shape index (κ2) is 4.17. The van der Waals surface area contributed by atoms with Crippen molar-refractivity contribution >= 4 is 28.3 Å². The van der Waals surface area contributed by atoms with Crippen LogP contribution in [0.1, 0.15) is 26.3 Å². The summed E-state index contributed by atoms with van der Waals surface area (Å²) >= 11 is 6.12. The molecule has 0 saturated heterocycles. The lowest BCUT2D eigenvalue weighted by Gasteiger charge is -2.22. The highest BCUT2D eigenvalue weighted by Crippen LogP contribution is 2.32. The summed E-state index contributed by atoms with van der Waals surface area (Å²) in [6.45, 7) is 6.38. The summed E-state index contributed by atoms with van der Waals surface area (Å²) < 4.78 is 0. The molecular weight excluding hydrogens is 234 g/mol. The number of aromatic nitrogens is 1. The Balaban J connectivity index is 2.78. The molecule has 1 heterocycles. The van der Waals surface area contributed by atoms with Crippen molar-refractivity contribution < 1.29 is 0 Å². The van der Waals surface area contributed by atoms with Crippen LogP contribution in [0.5, 0.6) is 0 Å². The second-order valence-electron chi connectivity index (χ2n) is 5.09. The van der Waals surface area contributed by atoms with Gasteiger partial charge in [0.05, 0.1) is 10.5 Å². The summed E-state index contributed by atoms with van der Waals surface area (Å²) in [6, 6.07) is 7.84. The average molecular weight is 250 g/mol. The molecule has 3 N–H and O–H groups in total. The first-order valence-electron chi connectivity index (χ1n) is 5.50. The third kappa shape index (κ3) is 2.21. The van der Waals surface area contributed by atoms with Crippen LogP contribution >= 0.6 is 11.6 Å². The first kappa shape index (κ1) is 12.1. The Morgan fingerprint density at radius 2 is 2.00 bits per heavy atom. The maximum Gasteiger partial charge on any atom is 0.144 e. The van der Waals surface area contributed by atoms with E-state index in [1.54, 1.807) is 0 Å². The van der Waals surface area contributed by atoms with Crippen LogP contribution in [0.2, 0.25) is 5.02 Å². The van der Waals surface area contributed by atoms with Crippen LogP contribution in [0, 0.1) is 0 Å². The molecule has 0 amide bonds. The number of halogens is 1. The number of rotatable bonds is 1. The van der Waals surface area contributed by atoms with Crippen LogP contribution in [0.25, 0.3) is 10.9 Å². The van der Waals surface area contributed by atoms with Gasteiger partial charge in [-0.15, -0.1) is 0 Å². The predicted molar refractivity (Wildman–Crippen MR) is 73.3 cm³/mol. The molecule has 2 rings (SSSR count). The maximum atomic E-state index is 6.12. The molecule has 90 valence electrons. The Morgan fingerprint density at radius 1 is 1.29 bits per heavy atom. The smallest absolute Gasteiger partial charge is 0.144 e. The van der Waals surface area contributed by atoms with Crippen molar-refractivity contribution in [3.63, 3.8) is 0 Å². The topological polar surface area (TPSA) is 50.9 Å². The molecular formula is C13H16ClN3. The minimum absolute atomic E-state index is 0.0226. The predicted octanol–water partition coefficient (Wildman–Crippen LogP) is 3.47. The molecule has 1 aromatic heterocycles. The van der Waals surface area contributed by atoms with Crippen LogP contribution in [0.4, 0.5) is 5.82 Å². The molecule has 0 aliphatic carbocycles. The van der Waals surface area contributed by atoms with E-state index in [4.69, 9.17) is 17.4 Å². The molecule has 0 aliphatic heterocycles. The Morgan fingerprint density at radius 3 is 2.59 bits per heavy atom. The fourth-order valence-corrected chi connectivity index (χ4v) is 2.07. The van der Waals surface area contributed by atoms with Gasteiger partial charge in [-0.3, -0.25) is 0 Å². The minimum Gasteiger partial charge on any atom is -0.308 e. The molecule has 0 unspecified atom stereocenters. The fraction of sp³-hybridized carbons (Fsp3) is 0.308. The number of benzene rings is 1. The highest BCUT2D eigenvalue weighted by molar-refractivity contribution is 6.35. The summed E-state index contributed by atoms with van der Waals surface area (Å²) in [4.78, 5) is 4.49. The van der Waals surface area contributed by atoms with E-state index in [0.717, 1.165) is 16.5 Å². The van der Waals surface area contributed by atoms with E-state index in [0.29, 0.717) is 10.8 Å². The molecule has 0 atom stereocenters. The van der Waals surface area contributed by atoms with E-state index < -0.39 is 0 Å². The molecule has 0 aliphatic rings. The highest BCUT2D eigenvalue weighted by atomic mass is 35.5. The Labute approximate surface area is 106 Å². The van der Waals surface area contributed by atoms with Crippen molar-refractivity contribution in [1.29, 1.82) is 0 Å². The first-order valence-corrected chi connectivity index (χ1v) is 5.87. The van der Waals surface area contributed by atoms with Crippen LogP contribution in [-0.2, 0) is 5.41 Å². The third-order valence-corrected chi connectivity index (χ3v) is 3.05. The normalized spacial score (nSPS) is 11.8. The van der Waals surface area contributed by atoms with Crippen molar-refractivity contribution in [2.45, 2.75) is 26.2 Å². The molecule has 17 heavy (non-hydrogen) atoms. The first-order chi connectivity index (χ1) is 7.93. The third-order valence-electron chi connectivity index (χ3n) is 2.74. The van der Waals surface area contributed by atoms with Gasteiger partial charge in [-0.05, 0) is 17.5 Å². The van der Waals surface area contributed by atoms with Crippen molar-refractivity contribution in [2.75, 3.05) is 5.43 Å². The molecule has 0 fully saturated rings. The van der Waals surface area contributed by atoms with Gasteiger partial charge >= 0.3 is 0 Å². The van der Waals surface area contributed by atoms with E-state index in [-0.39, 0.29) is 5.41 Å². The number of hydrogen-bond donors (Lipinski definition) is 2. The monoisotopic (exact) mass is 249 g/mol. The Kier molecular flexibility index (Phi) is 2.98. The van der Waals surface area contributed by atoms with Crippen molar-refractivity contribution in [1.82, 2.24) is 4.98 Å². The summed E-state index contributed by atoms with van der Waals surface area (Å²) in [6.07, 6.45) is 0. The van der Waals surface area contributed by atoms with Gasteiger partial charge in [0, 0.05) is 10.9 Å². The number of nitrogens with one attached hydrogen (secondary N) is 1. The van der Waals surface area contributed by atoms with Crippen LogP contribution in [0.15, 0.2) is 24.3 Å². The summed E-state index contributed by atoms with van der Waals surface area (Å²) in [7, 11) is 0. The van der Waals surface area contributed by atoms with Gasteiger partial charge in [0.25, 0.3) is 0 Å². The van der Waals surface area contributed by atoms with Gasteiger partial charge < -0.3 is 5.43 Å². The Hall–Kier alpha value is -1.32. The fourth-order valence-electron chi connectivity index (χ4n) is 1.84. The van der Waals surface area contributed by atoms with Crippen LogP contribution in [-0.4, -0.2) is 4.98 Å². The lowest BCUT2D eigenvalue weighted by Crippen LogP contribution is -2.19. The second-order valence-corrected chi connectivity index (χ2v) is 5.50. The van der Waals surface area contributed by atoms with E-state index in [2.05, 4.69) is 37.2 Å². The quantitative estimate of drug-likeness (QED) is 0.601. The van der Waals surface area contributed by atoms with E-state index in [1.807, 2.05) is 18.2 Å². The summed E-state index contributed by atoms with van der Waals surface area (Å²) in [5.41, 5.74) is 4.48. The number of nitrogen functional groups attached to an aromatic ring is 1. The maximum absolute atomic E-state index is 6.12. The minimum atomic E-state index is -0.0226. The van der Waals surface area contributed by atoms with E-state index >= 15 is 0 Å². The molecule has 0 spiro atoms. The van der Waals surface area contributed by atoms with Gasteiger partial charge in [-0.2, -0.15) is 0 Å². The average Bonchev–Trinajstić information content (AvgIpc) is 2.27. The zero-order valence-corrected chi connectivity index (χ0v) is 11.0. The number of hydrazine groups is 1. The molecule has 3 nitrogen and oxygen atoms in total. The van der Waals surface area contributed by atoms with Gasteiger partial charge in [-0.25, -0.2) is 10.8 Å². The number of nitrogens with two attached hydrogens (primary N) is 1. The van der Waals surface area contributed by atoms with Gasteiger partial charge in [0.1, 0.15) is 5.82 Å². The number of para-hydroxylation sites is 1. The number of pyridine rings is 1. The largest absolute Gasteiger partial charge is 0.308 e. The lowest BCUT2D eigenvalue weighted by atomic mass is 9.86. The molecule has 0 radical (unpaired) electrons. The molecule has 4 heteroatoms. The van der Waals surface area contributed by atoms with E-state index in [1.165, 1.54) is 0 Å². The standard InChI is InChI=1S/C13H16ClN3/c1-13(2,3)9-7-8-5-4-6-10(14)11(8)16-12(9)17-15/h4-7H,15H2,1-3H3,(H,16,17).